The van der Waals surface area contributed by atoms with Crippen LogP contribution in [0.5, 0.6) is 0 Å². The summed E-state index contributed by atoms with van der Waals surface area (Å²) in [5.41, 5.74) is 9.08. The Labute approximate surface area is 205 Å². The van der Waals surface area contributed by atoms with Crippen LogP contribution in [0.4, 0.5) is 0 Å². The molecule has 1 aliphatic carbocycles. The van der Waals surface area contributed by atoms with E-state index >= 15 is 0 Å². The van der Waals surface area contributed by atoms with E-state index < -0.39 is 18.2 Å². The van der Waals surface area contributed by atoms with Gasteiger partial charge in [-0.25, -0.2) is 4.68 Å². The second-order valence-electron chi connectivity index (χ2n) is 8.72. The van der Waals surface area contributed by atoms with Crippen LogP contribution in [0, 0.1) is 11.3 Å². The predicted octanol–water partition coefficient (Wildman–Crippen LogP) is 1.55. The number of nitrogens with zero attached hydrogens (tertiary/aromatic N) is 4. The van der Waals surface area contributed by atoms with Gasteiger partial charge in [0.15, 0.2) is 0 Å². The molecule has 35 heavy (non-hydrogen) atoms. The van der Waals surface area contributed by atoms with E-state index in [4.69, 9.17) is 15.7 Å². The van der Waals surface area contributed by atoms with Crippen molar-refractivity contribution in [3.63, 3.8) is 0 Å². The van der Waals surface area contributed by atoms with Crippen LogP contribution in [0.2, 0.25) is 0 Å². The molecule has 10 nitrogen and oxygen atoms in total. The van der Waals surface area contributed by atoms with Gasteiger partial charge in [0.2, 0.25) is 11.8 Å². The first-order valence-electron chi connectivity index (χ1n) is 11.9. The van der Waals surface area contributed by atoms with Crippen LogP contribution in [-0.2, 0) is 27.4 Å². The molecule has 3 atom stereocenters. The monoisotopic (exact) mass is 479 g/mol. The minimum atomic E-state index is -0.485. The first kappa shape index (κ1) is 26.1. The summed E-state index contributed by atoms with van der Waals surface area (Å²) in [6, 6.07) is 8.50. The lowest BCUT2D eigenvalue weighted by molar-refractivity contribution is -0.121. The Bertz CT molecular complexity index is 1080. The first-order chi connectivity index (χ1) is 16.8. The topological polar surface area (TPSA) is 148 Å². The molecule has 0 fully saturated rings. The van der Waals surface area contributed by atoms with Gasteiger partial charge >= 0.3 is 0 Å². The maximum atomic E-state index is 12.9. The quantitative estimate of drug-likeness (QED) is 0.468. The molecule has 0 saturated carbocycles. The molecule has 10 heteroatoms. The van der Waals surface area contributed by atoms with Crippen molar-refractivity contribution in [2.24, 2.45) is 5.73 Å². The van der Waals surface area contributed by atoms with E-state index in [1.54, 1.807) is 29.1 Å². The molecule has 0 aliphatic heterocycles. The third kappa shape index (κ3) is 7.21. The van der Waals surface area contributed by atoms with Crippen molar-refractivity contribution >= 4 is 11.8 Å². The summed E-state index contributed by atoms with van der Waals surface area (Å²) in [5.74, 6) is -0.435. The molecule has 0 bridgehead atoms. The second kappa shape index (κ2) is 12.2. The number of hydrogen-bond donors (Lipinski definition) is 3. The fourth-order valence-corrected chi connectivity index (χ4v) is 4.07. The zero-order valence-electron chi connectivity index (χ0n) is 20.4. The number of nitrogens with one attached hydrogen (secondary N) is 2. The van der Waals surface area contributed by atoms with E-state index in [0.717, 1.165) is 18.4 Å². The average molecular weight is 480 g/mol. The van der Waals surface area contributed by atoms with Gasteiger partial charge in [0, 0.05) is 18.5 Å². The lowest BCUT2D eigenvalue weighted by Gasteiger charge is -2.36. The normalized spacial score (nSPS) is 19.7. The highest BCUT2D eigenvalue weighted by molar-refractivity contribution is 5.93. The summed E-state index contributed by atoms with van der Waals surface area (Å²) >= 11 is 0. The van der Waals surface area contributed by atoms with Gasteiger partial charge < -0.3 is 21.1 Å². The first-order valence-corrected chi connectivity index (χ1v) is 11.9. The van der Waals surface area contributed by atoms with Gasteiger partial charge in [-0.1, -0.05) is 31.2 Å². The molecule has 1 aromatic heterocycles. The lowest BCUT2D eigenvalue weighted by atomic mass is 9.87. The summed E-state index contributed by atoms with van der Waals surface area (Å²) in [4.78, 5) is 24.6. The van der Waals surface area contributed by atoms with Crippen LogP contribution in [0.1, 0.15) is 56.9 Å². The standard InChI is InChI=1S/C25H33N7O3/c1-4-21(5-2)35-23-11-19(10-22(27)24(23)29-16(3)33)25(34)28-13-20-15-32(31-30-20)14-18-8-6-17(12-26)7-9-18/h6-9,11,15,21-24H,4-5,10,13-14,27H2,1-3H3,(H,28,34)(H,29,33)/t22-,23+,24+/m0/s1. The van der Waals surface area contributed by atoms with Crippen molar-refractivity contribution in [2.45, 2.75) is 77.4 Å². The molecule has 1 heterocycles. The minimum absolute atomic E-state index is 0.00765. The van der Waals surface area contributed by atoms with Crippen molar-refractivity contribution in [3.8, 4) is 6.07 Å². The predicted molar refractivity (Wildman–Crippen MR) is 130 cm³/mol. The number of nitriles is 1. The van der Waals surface area contributed by atoms with Crippen molar-refractivity contribution in [2.75, 3.05) is 0 Å². The molecule has 0 saturated heterocycles. The minimum Gasteiger partial charge on any atom is -0.369 e. The van der Waals surface area contributed by atoms with Crippen molar-refractivity contribution < 1.29 is 14.3 Å². The number of amides is 2. The highest BCUT2D eigenvalue weighted by Crippen LogP contribution is 2.23. The number of carbonyl (C=O) groups excluding carboxylic acids is 2. The molecule has 1 aromatic carbocycles. The van der Waals surface area contributed by atoms with E-state index in [9.17, 15) is 9.59 Å². The summed E-state index contributed by atoms with van der Waals surface area (Å²) in [7, 11) is 0. The maximum absolute atomic E-state index is 12.9. The number of rotatable bonds is 10. The van der Waals surface area contributed by atoms with E-state index in [-0.39, 0.29) is 24.5 Å². The zero-order chi connectivity index (χ0) is 25.4. The second-order valence-corrected chi connectivity index (χ2v) is 8.72. The number of ether oxygens (including phenoxy) is 1. The molecule has 0 unspecified atom stereocenters. The third-order valence-electron chi connectivity index (χ3n) is 6.00. The molecule has 2 amide bonds. The number of carbonyl (C=O) groups is 2. The molecule has 4 N–H and O–H groups in total. The van der Waals surface area contributed by atoms with Gasteiger partial charge in [0.25, 0.3) is 0 Å². The van der Waals surface area contributed by atoms with Crippen LogP contribution in [0.3, 0.4) is 0 Å². The summed E-state index contributed by atoms with van der Waals surface area (Å²) in [6.45, 7) is 6.24. The Morgan fingerprint density at radius 2 is 2.00 bits per heavy atom. The molecule has 186 valence electrons. The highest BCUT2D eigenvalue weighted by atomic mass is 16.5. The van der Waals surface area contributed by atoms with Crippen molar-refractivity contribution in [3.05, 3.63) is 58.9 Å². The number of aromatic nitrogens is 3. The van der Waals surface area contributed by atoms with Crippen LogP contribution in [0.15, 0.2) is 42.1 Å². The van der Waals surface area contributed by atoms with E-state index in [1.165, 1.54) is 6.92 Å². The third-order valence-corrected chi connectivity index (χ3v) is 6.00. The number of nitrogens with two attached hydrogens (primary N) is 1. The largest absolute Gasteiger partial charge is 0.369 e. The fraction of sp³-hybridized carbons (Fsp3) is 0.480. The summed E-state index contributed by atoms with van der Waals surface area (Å²) in [5, 5.41) is 22.9. The molecule has 3 rings (SSSR count). The van der Waals surface area contributed by atoms with Gasteiger partial charge in [-0.15, -0.1) is 5.10 Å². The zero-order valence-corrected chi connectivity index (χ0v) is 20.4. The summed E-state index contributed by atoms with van der Waals surface area (Å²) in [6.07, 6.45) is 5.04. The van der Waals surface area contributed by atoms with E-state index in [2.05, 4.69) is 27.0 Å². The van der Waals surface area contributed by atoms with Crippen LogP contribution in [0.25, 0.3) is 0 Å². The maximum Gasteiger partial charge on any atom is 0.247 e. The molecule has 0 radical (unpaired) electrons. The SMILES string of the molecule is CCC(CC)O[C@@H]1C=C(C(=O)NCc2cn(Cc3ccc(C#N)cc3)nn2)C[C@H](N)[C@H]1NC(C)=O. The highest BCUT2D eigenvalue weighted by Gasteiger charge is 2.35. The van der Waals surface area contributed by atoms with Gasteiger partial charge in [-0.2, -0.15) is 5.26 Å². The Balaban J connectivity index is 1.63. The summed E-state index contributed by atoms with van der Waals surface area (Å²) < 4.78 is 7.87. The lowest BCUT2D eigenvalue weighted by Crippen LogP contribution is -2.57. The Morgan fingerprint density at radius 3 is 2.63 bits per heavy atom. The van der Waals surface area contributed by atoms with Gasteiger partial charge in [0.1, 0.15) is 5.69 Å². The Morgan fingerprint density at radius 1 is 1.29 bits per heavy atom. The van der Waals surface area contributed by atoms with E-state index in [0.29, 0.717) is 29.8 Å². The average Bonchev–Trinajstić information content (AvgIpc) is 3.30. The van der Waals surface area contributed by atoms with Crippen LogP contribution >= 0.6 is 0 Å². The van der Waals surface area contributed by atoms with Gasteiger partial charge in [0.05, 0.1) is 49.2 Å². The molecule has 1 aliphatic rings. The molecule has 0 spiro atoms. The van der Waals surface area contributed by atoms with Gasteiger partial charge in [-0.3, -0.25) is 9.59 Å². The molecular weight excluding hydrogens is 446 g/mol. The smallest absolute Gasteiger partial charge is 0.247 e. The Hall–Kier alpha value is -3.55. The fourth-order valence-electron chi connectivity index (χ4n) is 4.07. The molecule has 2 aromatic rings. The molecular formula is C25H33N7O3. The van der Waals surface area contributed by atoms with Crippen LogP contribution in [-0.4, -0.2) is 51.1 Å². The van der Waals surface area contributed by atoms with Gasteiger partial charge in [-0.05, 0) is 43.0 Å². The van der Waals surface area contributed by atoms with Crippen molar-refractivity contribution in [1.29, 1.82) is 5.26 Å². The van der Waals surface area contributed by atoms with Crippen LogP contribution < -0.4 is 16.4 Å². The number of benzene rings is 1. The Kier molecular flexibility index (Phi) is 9.11. The number of hydrogen-bond acceptors (Lipinski definition) is 7. The van der Waals surface area contributed by atoms with E-state index in [1.807, 2.05) is 26.0 Å². The van der Waals surface area contributed by atoms with Crippen molar-refractivity contribution in [1.82, 2.24) is 25.6 Å².